The van der Waals surface area contributed by atoms with Crippen LogP contribution in [0, 0.1) is 0 Å². The average molecular weight is 499 g/mol. The molecule has 0 N–H and O–H groups in total. The summed E-state index contributed by atoms with van der Waals surface area (Å²) < 4.78 is 28.8. The number of esters is 1. The van der Waals surface area contributed by atoms with Gasteiger partial charge in [-0.05, 0) is 42.8 Å². The predicted octanol–water partition coefficient (Wildman–Crippen LogP) is 5.72. The molecule has 3 aromatic carbocycles. The molecule has 0 radical (unpaired) electrons. The van der Waals surface area contributed by atoms with Crippen LogP contribution in [-0.2, 0) is 4.79 Å². The fourth-order valence-electron chi connectivity index (χ4n) is 4.62. The topological polar surface area (TPSA) is 80.3 Å². The van der Waals surface area contributed by atoms with Crippen LogP contribution >= 0.6 is 0 Å². The Morgan fingerprint density at radius 2 is 1.76 bits per heavy atom. The number of carbonyl (C=O) groups is 2. The fraction of sp³-hybridized carbons (Fsp3) is 0.200. The minimum Gasteiger partial charge on any atom is -0.496 e. The van der Waals surface area contributed by atoms with Crippen LogP contribution in [0.1, 0.15) is 46.3 Å². The number of fused-ring (bicyclic) bond motifs is 3. The summed E-state index contributed by atoms with van der Waals surface area (Å²) in [5.74, 6) is 1.39. The van der Waals surface area contributed by atoms with Crippen LogP contribution in [0.5, 0.6) is 28.7 Å². The van der Waals surface area contributed by atoms with E-state index in [1.807, 2.05) is 43.3 Å². The number of allylic oxidation sites excluding steroid dienone is 1. The molecule has 37 heavy (non-hydrogen) atoms. The number of benzene rings is 3. The molecule has 2 heterocycles. The van der Waals surface area contributed by atoms with Crippen molar-refractivity contribution in [1.29, 1.82) is 0 Å². The first-order valence-electron chi connectivity index (χ1n) is 11.8. The van der Waals surface area contributed by atoms with E-state index in [4.69, 9.17) is 23.7 Å². The molecule has 0 spiro atoms. The maximum atomic E-state index is 13.3. The normalized spacial score (nSPS) is 16.9. The van der Waals surface area contributed by atoms with Gasteiger partial charge in [0, 0.05) is 22.6 Å². The Kier molecular flexibility index (Phi) is 6.44. The SMILES string of the molecule is C=C(C)COc1c(OC)cccc1C1CC(=O)Oc2ccc3c(c21)O/C(=C\c1ccccc1OC)C3=O. The van der Waals surface area contributed by atoms with Gasteiger partial charge in [-0.1, -0.05) is 36.9 Å². The summed E-state index contributed by atoms with van der Waals surface area (Å²) in [6, 6.07) is 16.1. The molecule has 5 rings (SSSR count). The summed E-state index contributed by atoms with van der Waals surface area (Å²) in [7, 11) is 3.13. The molecule has 0 aromatic heterocycles. The van der Waals surface area contributed by atoms with Gasteiger partial charge < -0.3 is 23.7 Å². The highest BCUT2D eigenvalue weighted by Gasteiger charge is 2.40. The Labute approximate surface area is 214 Å². The van der Waals surface area contributed by atoms with Crippen LogP contribution in [0.2, 0.25) is 0 Å². The van der Waals surface area contributed by atoms with Crippen molar-refractivity contribution in [3.8, 4) is 28.7 Å². The van der Waals surface area contributed by atoms with E-state index in [1.54, 1.807) is 38.5 Å². The molecule has 0 amide bonds. The first-order valence-corrected chi connectivity index (χ1v) is 11.8. The molecule has 7 heteroatoms. The second kappa shape index (κ2) is 9.85. The lowest BCUT2D eigenvalue weighted by Crippen LogP contribution is -2.22. The summed E-state index contributed by atoms with van der Waals surface area (Å²) in [5.41, 5.74) is 3.28. The summed E-state index contributed by atoms with van der Waals surface area (Å²) in [6.07, 6.45) is 1.70. The van der Waals surface area contributed by atoms with Crippen LogP contribution in [-0.4, -0.2) is 32.6 Å². The molecular formula is C30H26O7. The summed E-state index contributed by atoms with van der Waals surface area (Å²) in [6.45, 7) is 6.06. The standard InChI is InChI=1S/C30H26O7/c1-17(2)16-35-29-19(9-7-11-24(29)34-4)21-15-26(31)36-23-13-12-20-28(32)25(37-30(20)27(21)23)14-18-8-5-6-10-22(18)33-3/h5-14,21H,1,15-16H2,2-4H3/b25-14-. The zero-order valence-electron chi connectivity index (χ0n) is 20.8. The molecular weight excluding hydrogens is 472 g/mol. The first kappa shape index (κ1) is 24.2. The van der Waals surface area contributed by atoms with Gasteiger partial charge in [0.15, 0.2) is 17.3 Å². The number of para-hydroxylation sites is 2. The third-order valence-corrected chi connectivity index (χ3v) is 6.27. The van der Waals surface area contributed by atoms with Crippen LogP contribution in [0.15, 0.2) is 72.5 Å². The second-order valence-electron chi connectivity index (χ2n) is 8.89. The lowest BCUT2D eigenvalue weighted by Gasteiger charge is -2.28. The van der Waals surface area contributed by atoms with E-state index in [2.05, 4.69) is 6.58 Å². The zero-order valence-corrected chi connectivity index (χ0v) is 20.8. The lowest BCUT2D eigenvalue weighted by molar-refractivity contribution is -0.135. The van der Waals surface area contributed by atoms with Gasteiger partial charge in [0.05, 0.1) is 26.2 Å². The Hall–Kier alpha value is -4.52. The Balaban J connectivity index is 1.63. The maximum absolute atomic E-state index is 13.3. The first-order chi connectivity index (χ1) is 17.9. The van der Waals surface area contributed by atoms with Crippen molar-refractivity contribution in [1.82, 2.24) is 0 Å². The monoisotopic (exact) mass is 498 g/mol. The van der Waals surface area contributed by atoms with Crippen molar-refractivity contribution in [3.05, 3.63) is 94.8 Å². The highest BCUT2D eigenvalue weighted by molar-refractivity contribution is 6.15. The molecule has 3 aromatic rings. The number of carbonyl (C=O) groups excluding carboxylic acids is 2. The number of Topliss-reactive ketones (excluding diaryl/α,β-unsaturated/α-hetero) is 1. The smallest absolute Gasteiger partial charge is 0.312 e. The minimum atomic E-state index is -0.486. The van der Waals surface area contributed by atoms with E-state index in [0.29, 0.717) is 45.4 Å². The molecule has 7 nitrogen and oxygen atoms in total. The highest BCUT2D eigenvalue weighted by atomic mass is 16.5. The van der Waals surface area contributed by atoms with Crippen molar-refractivity contribution in [3.63, 3.8) is 0 Å². The highest BCUT2D eigenvalue weighted by Crippen LogP contribution is 2.51. The number of hydrogen-bond acceptors (Lipinski definition) is 7. The van der Waals surface area contributed by atoms with Crippen molar-refractivity contribution < 1.29 is 33.3 Å². The molecule has 1 atom stereocenters. The molecule has 0 saturated heterocycles. The number of ether oxygens (including phenoxy) is 5. The molecule has 2 aliphatic heterocycles. The molecule has 0 bridgehead atoms. The number of rotatable bonds is 7. The quantitative estimate of drug-likeness (QED) is 0.178. The van der Waals surface area contributed by atoms with E-state index in [0.717, 1.165) is 11.1 Å². The van der Waals surface area contributed by atoms with Crippen molar-refractivity contribution in [2.45, 2.75) is 19.3 Å². The van der Waals surface area contributed by atoms with E-state index in [1.165, 1.54) is 0 Å². The van der Waals surface area contributed by atoms with Crippen LogP contribution in [0.3, 0.4) is 0 Å². The Morgan fingerprint density at radius 1 is 1.00 bits per heavy atom. The van der Waals surface area contributed by atoms with Crippen LogP contribution < -0.4 is 23.7 Å². The summed E-state index contributed by atoms with van der Waals surface area (Å²) >= 11 is 0. The van der Waals surface area contributed by atoms with Gasteiger partial charge in [0.25, 0.3) is 0 Å². The fourth-order valence-corrected chi connectivity index (χ4v) is 4.62. The van der Waals surface area contributed by atoms with Gasteiger partial charge in [0.2, 0.25) is 5.78 Å². The molecule has 0 aliphatic carbocycles. The van der Waals surface area contributed by atoms with Gasteiger partial charge in [0.1, 0.15) is 23.9 Å². The lowest BCUT2D eigenvalue weighted by atomic mass is 9.84. The van der Waals surface area contributed by atoms with Crippen molar-refractivity contribution >= 4 is 17.8 Å². The largest absolute Gasteiger partial charge is 0.496 e. The third kappa shape index (κ3) is 4.44. The zero-order chi connectivity index (χ0) is 26.1. The predicted molar refractivity (Wildman–Crippen MR) is 138 cm³/mol. The second-order valence-corrected chi connectivity index (χ2v) is 8.89. The summed E-state index contributed by atoms with van der Waals surface area (Å²) in [5, 5.41) is 0. The Bertz CT molecular complexity index is 1450. The average Bonchev–Trinajstić information content (AvgIpc) is 3.21. The Morgan fingerprint density at radius 3 is 2.51 bits per heavy atom. The molecule has 1 unspecified atom stereocenters. The molecule has 0 fully saturated rings. The van der Waals surface area contributed by atoms with Crippen LogP contribution in [0.25, 0.3) is 6.08 Å². The van der Waals surface area contributed by atoms with Crippen molar-refractivity contribution in [2.75, 3.05) is 20.8 Å². The van der Waals surface area contributed by atoms with Crippen LogP contribution in [0.4, 0.5) is 0 Å². The van der Waals surface area contributed by atoms with Gasteiger partial charge in [-0.3, -0.25) is 9.59 Å². The molecule has 0 saturated carbocycles. The van der Waals surface area contributed by atoms with Gasteiger partial charge in [-0.2, -0.15) is 0 Å². The van der Waals surface area contributed by atoms with E-state index in [9.17, 15) is 9.59 Å². The molecule has 188 valence electrons. The third-order valence-electron chi connectivity index (χ3n) is 6.27. The van der Waals surface area contributed by atoms with Gasteiger partial charge in [-0.25, -0.2) is 0 Å². The number of hydrogen-bond donors (Lipinski definition) is 0. The van der Waals surface area contributed by atoms with Gasteiger partial charge >= 0.3 is 5.97 Å². The van der Waals surface area contributed by atoms with E-state index >= 15 is 0 Å². The molecule has 2 aliphatic rings. The van der Waals surface area contributed by atoms with E-state index < -0.39 is 5.92 Å². The van der Waals surface area contributed by atoms with E-state index in [-0.39, 0.29) is 30.5 Å². The van der Waals surface area contributed by atoms with Gasteiger partial charge in [-0.15, -0.1) is 0 Å². The minimum absolute atomic E-state index is 0.0448. The maximum Gasteiger partial charge on any atom is 0.312 e. The van der Waals surface area contributed by atoms with Crippen molar-refractivity contribution in [2.24, 2.45) is 0 Å². The number of methoxy groups -OCH3 is 2. The summed E-state index contributed by atoms with van der Waals surface area (Å²) in [4.78, 5) is 26.0. The number of ketones is 1.